The van der Waals surface area contributed by atoms with Crippen molar-refractivity contribution in [1.82, 2.24) is 19.3 Å². The van der Waals surface area contributed by atoms with Crippen molar-refractivity contribution in [2.75, 3.05) is 0 Å². The van der Waals surface area contributed by atoms with Crippen LogP contribution in [0.5, 0.6) is 0 Å². The van der Waals surface area contributed by atoms with E-state index in [1.165, 1.54) is 0 Å². The summed E-state index contributed by atoms with van der Waals surface area (Å²) in [5.74, 6) is -0.270. The van der Waals surface area contributed by atoms with Crippen LogP contribution in [0.4, 0.5) is 22.0 Å². The zero-order chi connectivity index (χ0) is 14.9. The Hall–Kier alpha value is -2.26. The number of rotatable bonds is 3. The standard InChI is InChI=1S/C10H7F5N4O/c11-9(12)18-4-3-16-7(18)5-19-8(20)2-1-6(17-19)10(13,14)15/h1-4,9H,5H2. The predicted octanol–water partition coefficient (Wildman–Crippen LogP) is 1.90. The zero-order valence-electron chi connectivity index (χ0n) is 9.68. The average Bonchev–Trinajstić information content (AvgIpc) is 2.78. The number of imidazole rings is 1. The molecule has 2 aromatic rings. The smallest absolute Gasteiger partial charge is 0.276 e. The molecule has 0 aliphatic rings. The van der Waals surface area contributed by atoms with Crippen LogP contribution in [0.15, 0.2) is 29.3 Å². The second-order valence-corrected chi connectivity index (χ2v) is 3.74. The molecule has 0 fully saturated rings. The van der Waals surface area contributed by atoms with Gasteiger partial charge in [-0.25, -0.2) is 9.67 Å². The van der Waals surface area contributed by atoms with Crippen molar-refractivity contribution in [2.45, 2.75) is 19.3 Å². The molecule has 0 atom stereocenters. The lowest BCUT2D eigenvalue weighted by Gasteiger charge is -2.10. The first-order valence-corrected chi connectivity index (χ1v) is 5.24. The van der Waals surface area contributed by atoms with Crippen molar-refractivity contribution in [3.63, 3.8) is 0 Å². The van der Waals surface area contributed by atoms with Crippen molar-refractivity contribution < 1.29 is 22.0 Å². The summed E-state index contributed by atoms with van der Waals surface area (Å²) in [5.41, 5.74) is -2.13. The second kappa shape index (κ2) is 5.02. The first-order valence-electron chi connectivity index (χ1n) is 5.24. The minimum Gasteiger partial charge on any atom is -0.276 e. The summed E-state index contributed by atoms with van der Waals surface area (Å²) < 4.78 is 63.4. The lowest BCUT2D eigenvalue weighted by atomic mass is 10.4. The van der Waals surface area contributed by atoms with Gasteiger partial charge in [0.1, 0.15) is 12.4 Å². The molecule has 0 aromatic carbocycles. The first kappa shape index (κ1) is 14.2. The van der Waals surface area contributed by atoms with Crippen molar-refractivity contribution in [1.29, 1.82) is 0 Å². The van der Waals surface area contributed by atoms with Gasteiger partial charge in [-0.3, -0.25) is 9.36 Å². The molecule has 20 heavy (non-hydrogen) atoms. The summed E-state index contributed by atoms with van der Waals surface area (Å²) in [7, 11) is 0. The summed E-state index contributed by atoms with van der Waals surface area (Å²) in [6.45, 7) is -3.49. The van der Waals surface area contributed by atoms with E-state index in [0.29, 0.717) is 21.4 Å². The van der Waals surface area contributed by atoms with E-state index in [1.54, 1.807) is 0 Å². The van der Waals surface area contributed by atoms with Crippen molar-refractivity contribution in [3.05, 3.63) is 46.4 Å². The summed E-state index contributed by atoms with van der Waals surface area (Å²) in [4.78, 5) is 15.0. The van der Waals surface area contributed by atoms with Gasteiger partial charge >= 0.3 is 12.7 Å². The van der Waals surface area contributed by atoms with Crippen LogP contribution in [0.1, 0.15) is 18.1 Å². The Morgan fingerprint density at radius 2 is 1.95 bits per heavy atom. The summed E-state index contributed by atoms with van der Waals surface area (Å²) in [6.07, 6.45) is -2.72. The zero-order valence-corrected chi connectivity index (χ0v) is 9.68. The van der Waals surface area contributed by atoms with Crippen LogP contribution in [0.3, 0.4) is 0 Å². The number of hydrogen-bond donors (Lipinski definition) is 0. The molecule has 0 N–H and O–H groups in total. The molecule has 0 radical (unpaired) electrons. The molecule has 0 amide bonds. The molecular weight excluding hydrogens is 287 g/mol. The van der Waals surface area contributed by atoms with Crippen LogP contribution in [-0.2, 0) is 12.7 Å². The van der Waals surface area contributed by atoms with Gasteiger partial charge in [0.25, 0.3) is 5.56 Å². The maximum Gasteiger partial charge on any atom is 0.435 e. The van der Waals surface area contributed by atoms with Crippen LogP contribution in [0, 0.1) is 0 Å². The van der Waals surface area contributed by atoms with Crippen LogP contribution >= 0.6 is 0 Å². The number of hydrogen-bond acceptors (Lipinski definition) is 3. The molecule has 0 unspecified atom stereocenters. The molecule has 0 bridgehead atoms. The minimum atomic E-state index is -4.73. The van der Waals surface area contributed by atoms with Gasteiger partial charge in [0.2, 0.25) is 0 Å². The van der Waals surface area contributed by atoms with Gasteiger partial charge in [-0.1, -0.05) is 0 Å². The molecular formula is C10H7F5N4O. The fourth-order valence-corrected chi connectivity index (χ4v) is 1.49. The third-order valence-electron chi connectivity index (χ3n) is 2.41. The third-order valence-corrected chi connectivity index (χ3v) is 2.41. The number of aromatic nitrogens is 4. The summed E-state index contributed by atoms with van der Waals surface area (Å²) in [5, 5.41) is 3.10. The average molecular weight is 294 g/mol. The van der Waals surface area contributed by atoms with Gasteiger partial charge in [0.05, 0.1) is 0 Å². The summed E-state index contributed by atoms with van der Waals surface area (Å²) >= 11 is 0. The van der Waals surface area contributed by atoms with Gasteiger partial charge < -0.3 is 0 Å². The molecule has 0 aliphatic heterocycles. The van der Waals surface area contributed by atoms with E-state index in [4.69, 9.17) is 0 Å². The van der Waals surface area contributed by atoms with Gasteiger partial charge in [-0.2, -0.15) is 27.1 Å². The van der Waals surface area contributed by atoms with E-state index >= 15 is 0 Å². The van der Waals surface area contributed by atoms with Crippen molar-refractivity contribution in [3.8, 4) is 0 Å². The molecule has 0 spiro atoms. The predicted molar refractivity (Wildman–Crippen MR) is 56.1 cm³/mol. The van der Waals surface area contributed by atoms with Gasteiger partial charge in [0.15, 0.2) is 5.69 Å². The van der Waals surface area contributed by atoms with E-state index in [9.17, 15) is 26.7 Å². The highest BCUT2D eigenvalue weighted by atomic mass is 19.4. The second-order valence-electron chi connectivity index (χ2n) is 3.74. The van der Waals surface area contributed by atoms with Crippen molar-refractivity contribution >= 4 is 0 Å². The minimum absolute atomic E-state index is 0.270. The van der Waals surface area contributed by atoms with Crippen LogP contribution in [0.25, 0.3) is 0 Å². The maximum absolute atomic E-state index is 12.6. The molecule has 2 heterocycles. The number of alkyl halides is 5. The Balaban J connectivity index is 2.38. The van der Waals surface area contributed by atoms with Crippen LogP contribution in [-0.4, -0.2) is 19.3 Å². The van der Waals surface area contributed by atoms with Crippen LogP contribution < -0.4 is 5.56 Å². The highest BCUT2D eigenvalue weighted by Crippen LogP contribution is 2.26. The monoisotopic (exact) mass is 294 g/mol. The SMILES string of the molecule is O=c1ccc(C(F)(F)F)nn1Cc1nccn1C(F)F. The fourth-order valence-electron chi connectivity index (χ4n) is 1.49. The molecule has 5 nitrogen and oxygen atoms in total. The quantitative estimate of drug-likeness (QED) is 0.812. The molecule has 10 heteroatoms. The maximum atomic E-state index is 12.6. The van der Waals surface area contributed by atoms with E-state index < -0.39 is 30.5 Å². The van der Waals surface area contributed by atoms with E-state index in [2.05, 4.69) is 10.1 Å². The Labute approximate surface area is 108 Å². The third kappa shape index (κ3) is 2.83. The molecule has 2 rings (SSSR count). The van der Waals surface area contributed by atoms with E-state index in [0.717, 1.165) is 12.4 Å². The normalized spacial score (nSPS) is 12.1. The van der Waals surface area contributed by atoms with Gasteiger partial charge in [-0.05, 0) is 6.07 Å². The first-order chi connectivity index (χ1) is 9.29. The topological polar surface area (TPSA) is 52.7 Å². The fraction of sp³-hybridized carbons (Fsp3) is 0.300. The molecule has 108 valence electrons. The Morgan fingerprint density at radius 1 is 1.25 bits per heavy atom. The number of nitrogens with zero attached hydrogens (tertiary/aromatic N) is 4. The van der Waals surface area contributed by atoms with Gasteiger partial charge in [0, 0.05) is 18.5 Å². The highest BCUT2D eigenvalue weighted by molar-refractivity contribution is 5.05. The van der Waals surface area contributed by atoms with E-state index in [-0.39, 0.29) is 5.82 Å². The Bertz CT molecular complexity index is 660. The van der Waals surface area contributed by atoms with Crippen LogP contribution in [0.2, 0.25) is 0 Å². The Morgan fingerprint density at radius 3 is 2.55 bits per heavy atom. The molecule has 2 aromatic heterocycles. The highest BCUT2D eigenvalue weighted by Gasteiger charge is 2.33. The number of halogens is 5. The largest absolute Gasteiger partial charge is 0.435 e. The lowest BCUT2D eigenvalue weighted by Crippen LogP contribution is -2.27. The van der Waals surface area contributed by atoms with Gasteiger partial charge in [-0.15, -0.1) is 0 Å². The van der Waals surface area contributed by atoms with Crippen molar-refractivity contribution in [2.24, 2.45) is 0 Å². The Kier molecular flexibility index (Phi) is 3.55. The molecule has 0 saturated carbocycles. The summed E-state index contributed by atoms with van der Waals surface area (Å²) in [6, 6.07) is 1.20. The molecule has 0 aliphatic carbocycles. The molecule has 0 saturated heterocycles. The lowest BCUT2D eigenvalue weighted by molar-refractivity contribution is -0.142. The van der Waals surface area contributed by atoms with E-state index in [1.807, 2.05) is 0 Å².